The van der Waals surface area contributed by atoms with Gasteiger partial charge in [-0.3, -0.25) is 4.90 Å². The van der Waals surface area contributed by atoms with Crippen molar-refractivity contribution < 1.29 is 5.11 Å². The van der Waals surface area contributed by atoms with Crippen molar-refractivity contribution in [1.29, 1.82) is 0 Å². The van der Waals surface area contributed by atoms with Crippen molar-refractivity contribution in [2.75, 3.05) is 19.7 Å². The van der Waals surface area contributed by atoms with Crippen LogP contribution in [0.1, 0.15) is 43.0 Å². The zero-order chi connectivity index (χ0) is 13.7. The summed E-state index contributed by atoms with van der Waals surface area (Å²) in [4.78, 5) is 3.73. The molecule has 2 rings (SSSR count). The van der Waals surface area contributed by atoms with Gasteiger partial charge in [0.15, 0.2) is 0 Å². The quantitative estimate of drug-likeness (QED) is 0.831. The molecule has 1 aliphatic rings. The largest absolute Gasteiger partial charge is 0.395 e. The highest BCUT2D eigenvalue weighted by Gasteiger charge is 2.28. The number of aliphatic hydroxyl groups excluding tert-OH is 1. The van der Waals surface area contributed by atoms with Gasteiger partial charge in [0, 0.05) is 24.0 Å². The average molecular weight is 347 g/mol. The third-order valence-corrected chi connectivity index (χ3v) is 5.67. The van der Waals surface area contributed by atoms with Gasteiger partial charge in [-0.25, -0.2) is 0 Å². The number of nitrogens with zero attached hydrogens (tertiary/aromatic N) is 1. The summed E-state index contributed by atoms with van der Waals surface area (Å²) in [5.74, 6) is 0. The van der Waals surface area contributed by atoms with E-state index in [2.05, 4.69) is 33.0 Å². The first-order valence-corrected chi connectivity index (χ1v) is 8.69. The molecule has 3 nitrogen and oxygen atoms in total. The molecule has 0 aromatic carbocycles. The van der Waals surface area contributed by atoms with E-state index in [9.17, 15) is 5.11 Å². The molecule has 5 heteroatoms. The van der Waals surface area contributed by atoms with Crippen molar-refractivity contribution in [3.05, 3.63) is 20.8 Å². The van der Waals surface area contributed by atoms with Gasteiger partial charge >= 0.3 is 0 Å². The maximum Gasteiger partial charge on any atom is 0.0702 e. The Bertz CT molecular complexity index is 379. The SMILES string of the molecule is NCC(c1ccc(Br)s1)N(CCO)C1CCCCC1. The van der Waals surface area contributed by atoms with Crippen molar-refractivity contribution in [3.63, 3.8) is 0 Å². The van der Waals surface area contributed by atoms with E-state index >= 15 is 0 Å². The van der Waals surface area contributed by atoms with E-state index in [4.69, 9.17) is 5.73 Å². The first kappa shape index (κ1) is 15.4. The lowest BCUT2D eigenvalue weighted by molar-refractivity contribution is 0.0844. The van der Waals surface area contributed by atoms with Crippen LogP contribution in [-0.4, -0.2) is 35.7 Å². The summed E-state index contributed by atoms with van der Waals surface area (Å²) < 4.78 is 1.15. The number of halogens is 1. The molecule has 1 aliphatic carbocycles. The molecule has 1 unspecified atom stereocenters. The molecule has 1 fully saturated rings. The molecule has 1 atom stereocenters. The Morgan fingerprint density at radius 2 is 2.11 bits per heavy atom. The second-order valence-electron chi connectivity index (χ2n) is 5.15. The Morgan fingerprint density at radius 1 is 1.37 bits per heavy atom. The molecule has 1 aromatic rings. The van der Waals surface area contributed by atoms with Crippen LogP contribution >= 0.6 is 27.3 Å². The third-order valence-electron chi connectivity index (χ3n) is 3.95. The highest BCUT2D eigenvalue weighted by atomic mass is 79.9. The highest BCUT2D eigenvalue weighted by molar-refractivity contribution is 9.11. The lowest BCUT2D eigenvalue weighted by atomic mass is 9.93. The standard InChI is InChI=1S/C14H23BrN2OS/c15-14-7-6-13(19-14)12(10-16)17(8-9-18)11-4-2-1-3-5-11/h6-7,11-12,18H,1-5,8-10,16H2. The third kappa shape index (κ3) is 4.02. The van der Waals surface area contributed by atoms with Crippen LogP contribution in [0.2, 0.25) is 0 Å². The minimum atomic E-state index is 0.208. The van der Waals surface area contributed by atoms with Crippen LogP contribution in [0.25, 0.3) is 0 Å². The average Bonchev–Trinajstić information content (AvgIpc) is 2.86. The van der Waals surface area contributed by atoms with Crippen LogP contribution in [0.15, 0.2) is 15.9 Å². The number of nitrogens with two attached hydrogens (primary N) is 1. The Hall–Kier alpha value is 0.0600. The number of hydrogen-bond donors (Lipinski definition) is 2. The molecule has 0 saturated heterocycles. The second kappa shape index (κ2) is 7.74. The van der Waals surface area contributed by atoms with Crippen LogP contribution in [0.4, 0.5) is 0 Å². The van der Waals surface area contributed by atoms with E-state index < -0.39 is 0 Å². The predicted molar refractivity (Wildman–Crippen MR) is 84.5 cm³/mol. The van der Waals surface area contributed by atoms with Gasteiger partial charge in [0.1, 0.15) is 0 Å². The van der Waals surface area contributed by atoms with Crippen molar-refractivity contribution in [2.24, 2.45) is 5.73 Å². The van der Waals surface area contributed by atoms with Gasteiger partial charge in [0.05, 0.1) is 16.4 Å². The maximum atomic E-state index is 9.38. The fourth-order valence-electron chi connectivity index (χ4n) is 3.04. The Morgan fingerprint density at radius 3 is 2.63 bits per heavy atom. The molecule has 1 saturated carbocycles. The Labute approximate surface area is 127 Å². The van der Waals surface area contributed by atoms with E-state index in [1.807, 2.05) is 0 Å². The molecule has 0 spiro atoms. The Balaban J connectivity index is 2.14. The smallest absolute Gasteiger partial charge is 0.0702 e. The van der Waals surface area contributed by atoms with Gasteiger partial charge in [-0.2, -0.15) is 0 Å². The first-order chi connectivity index (χ1) is 9.26. The van der Waals surface area contributed by atoms with E-state index in [0.29, 0.717) is 12.6 Å². The van der Waals surface area contributed by atoms with Crippen molar-refractivity contribution >= 4 is 27.3 Å². The lowest BCUT2D eigenvalue weighted by Gasteiger charge is -2.39. The van der Waals surface area contributed by atoms with Gasteiger partial charge in [0.2, 0.25) is 0 Å². The number of aliphatic hydroxyl groups is 1. The summed E-state index contributed by atoms with van der Waals surface area (Å²) in [5.41, 5.74) is 6.02. The zero-order valence-electron chi connectivity index (χ0n) is 11.2. The van der Waals surface area contributed by atoms with Gasteiger partial charge in [-0.05, 0) is 40.9 Å². The summed E-state index contributed by atoms with van der Waals surface area (Å²) in [6.07, 6.45) is 6.43. The zero-order valence-corrected chi connectivity index (χ0v) is 13.6. The Kier molecular flexibility index (Phi) is 6.29. The van der Waals surface area contributed by atoms with Gasteiger partial charge in [0.25, 0.3) is 0 Å². The van der Waals surface area contributed by atoms with Gasteiger partial charge in [-0.15, -0.1) is 11.3 Å². The molecule has 0 radical (unpaired) electrons. The van der Waals surface area contributed by atoms with Crippen LogP contribution in [0.5, 0.6) is 0 Å². The maximum absolute atomic E-state index is 9.38. The van der Waals surface area contributed by atoms with Crippen LogP contribution in [0, 0.1) is 0 Å². The summed E-state index contributed by atoms with van der Waals surface area (Å²) in [5, 5.41) is 9.38. The molecule has 1 heterocycles. The fourth-order valence-corrected chi connectivity index (χ4v) is 4.60. The second-order valence-corrected chi connectivity index (χ2v) is 7.64. The van der Waals surface area contributed by atoms with Crippen molar-refractivity contribution in [1.82, 2.24) is 4.90 Å². The number of thiophene rings is 1. The van der Waals surface area contributed by atoms with Crippen molar-refractivity contribution in [2.45, 2.75) is 44.2 Å². The summed E-state index contributed by atoms with van der Waals surface area (Å²) in [7, 11) is 0. The molecular formula is C14H23BrN2OS. The van der Waals surface area contributed by atoms with Crippen molar-refractivity contribution in [3.8, 4) is 0 Å². The molecule has 3 N–H and O–H groups in total. The molecule has 0 bridgehead atoms. The number of hydrogen-bond acceptors (Lipinski definition) is 4. The van der Waals surface area contributed by atoms with Gasteiger partial charge in [-0.1, -0.05) is 19.3 Å². The monoisotopic (exact) mass is 346 g/mol. The highest BCUT2D eigenvalue weighted by Crippen LogP contribution is 2.34. The topological polar surface area (TPSA) is 49.5 Å². The molecule has 108 valence electrons. The summed E-state index contributed by atoms with van der Waals surface area (Å²) in [6.45, 7) is 1.55. The van der Waals surface area contributed by atoms with Crippen LogP contribution in [0.3, 0.4) is 0 Å². The fraction of sp³-hybridized carbons (Fsp3) is 0.714. The predicted octanol–water partition coefficient (Wildman–Crippen LogP) is 3.14. The van der Waals surface area contributed by atoms with Crippen LogP contribution < -0.4 is 5.73 Å². The minimum Gasteiger partial charge on any atom is -0.395 e. The lowest BCUT2D eigenvalue weighted by Crippen LogP contribution is -2.43. The summed E-state index contributed by atoms with van der Waals surface area (Å²) >= 11 is 5.28. The van der Waals surface area contributed by atoms with E-state index in [0.717, 1.165) is 10.3 Å². The minimum absolute atomic E-state index is 0.208. The molecule has 0 amide bonds. The van der Waals surface area contributed by atoms with E-state index in [-0.39, 0.29) is 12.6 Å². The van der Waals surface area contributed by atoms with E-state index in [1.54, 1.807) is 11.3 Å². The van der Waals surface area contributed by atoms with Crippen LogP contribution in [-0.2, 0) is 0 Å². The molecular weight excluding hydrogens is 324 g/mol. The van der Waals surface area contributed by atoms with E-state index in [1.165, 1.54) is 37.0 Å². The molecule has 0 aliphatic heterocycles. The first-order valence-electron chi connectivity index (χ1n) is 7.08. The van der Waals surface area contributed by atoms with Gasteiger partial charge < -0.3 is 10.8 Å². The number of rotatable bonds is 6. The normalized spacial score (nSPS) is 18.9. The molecule has 1 aromatic heterocycles. The summed E-state index contributed by atoms with van der Waals surface area (Å²) in [6, 6.07) is 5.06. The molecule has 19 heavy (non-hydrogen) atoms.